The van der Waals surface area contributed by atoms with E-state index in [1.54, 1.807) is 13.4 Å². The topological polar surface area (TPSA) is 44.1 Å². The second-order valence-corrected chi connectivity index (χ2v) is 4.51. The number of nitrogens with zero attached hydrogens (tertiary/aromatic N) is 2. The summed E-state index contributed by atoms with van der Waals surface area (Å²) < 4.78 is 6.90. The zero-order valence-electron chi connectivity index (χ0n) is 10.8. The van der Waals surface area contributed by atoms with E-state index >= 15 is 0 Å². The maximum absolute atomic E-state index is 12.1. The van der Waals surface area contributed by atoms with Crippen LogP contribution in [-0.2, 0) is 16.1 Å². The molecule has 0 bridgehead atoms. The fourth-order valence-electron chi connectivity index (χ4n) is 1.92. The van der Waals surface area contributed by atoms with E-state index in [1.165, 1.54) is 0 Å². The Balaban J connectivity index is 2.07. The number of methoxy groups -OCH3 is 1. The number of aromatic nitrogens is 2. The maximum Gasteiger partial charge on any atom is 0.155 e. The van der Waals surface area contributed by atoms with E-state index in [0.29, 0.717) is 13.2 Å². The van der Waals surface area contributed by atoms with Gasteiger partial charge in [-0.1, -0.05) is 19.1 Å². The molecular weight excluding hydrogens is 228 g/mol. The lowest BCUT2D eigenvalue weighted by molar-refractivity contribution is -0.123. The van der Waals surface area contributed by atoms with E-state index < -0.39 is 0 Å². The van der Waals surface area contributed by atoms with Gasteiger partial charge >= 0.3 is 0 Å². The number of ketones is 1. The largest absolute Gasteiger partial charge is 0.385 e. The summed E-state index contributed by atoms with van der Waals surface area (Å²) in [6, 6.07) is 7.84. The molecule has 1 aromatic carbocycles. The summed E-state index contributed by atoms with van der Waals surface area (Å²) in [5.41, 5.74) is 1.93. The highest BCUT2D eigenvalue weighted by atomic mass is 16.5. The number of imidazole rings is 1. The van der Waals surface area contributed by atoms with Crippen LogP contribution in [0.1, 0.15) is 13.3 Å². The normalized spacial score (nSPS) is 12.8. The van der Waals surface area contributed by atoms with E-state index in [0.717, 1.165) is 17.5 Å². The van der Waals surface area contributed by atoms with Gasteiger partial charge in [0.1, 0.15) is 0 Å². The predicted octanol–water partition coefficient (Wildman–Crippen LogP) is 2.28. The van der Waals surface area contributed by atoms with Crippen LogP contribution in [0.25, 0.3) is 11.0 Å². The molecule has 0 aliphatic rings. The molecule has 1 unspecified atom stereocenters. The third-order valence-electron chi connectivity index (χ3n) is 3.16. The van der Waals surface area contributed by atoms with Gasteiger partial charge in [-0.05, 0) is 18.6 Å². The van der Waals surface area contributed by atoms with Crippen LogP contribution in [0, 0.1) is 5.92 Å². The van der Waals surface area contributed by atoms with Crippen molar-refractivity contribution in [2.45, 2.75) is 19.9 Å². The van der Waals surface area contributed by atoms with Gasteiger partial charge in [-0.15, -0.1) is 0 Å². The SMILES string of the molecule is COCCC(C)C(=O)Cn1cnc2ccccc21. The summed E-state index contributed by atoms with van der Waals surface area (Å²) in [5.74, 6) is 0.237. The maximum atomic E-state index is 12.1. The van der Waals surface area contributed by atoms with Gasteiger partial charge in [-0.3, -0.25) is 4.79 Å². The van der Waals surface area contributed by atoms with Gasteiger partial charge in [0.25, 0.3) is 0 Å². The number of fused-ring (bicyclic) bond motifs is 1. The molecular formula is C14H18N2O2. The molecule has 4 nitrogen and oxygen atoms in total. The summed E-state index contributed by atoms with van der Waals surface area (Å²) in [5, 5.41) is 0. The minimum Gasteiger partial charge on any atom is -0.385 e. The summed E-state index contributed by atoms with van der Waals surface area (Å²) in [6.07, 6.45) is 2.49. The molecule has 0 aliphatic heterocycles. The first kappa shape index (κ1) is 12.8. The van der Waals surface area contributed by atoms with E-state index in [1.807, 2.05) is 35.8 Å². The molecule has 4 heteroatoms. The third-order valence-corrected chi connectivity index (χ3v) is 3.16. The van der Waals surface area contributed by atoms with Gasteiger partial charge in [0.15, 0.2) is 5.78 Å². The van der Waals surface area contributed by atoms with Crippen LogP contribution < -0.4 is 0 Å². The van der Waals surface area contributed by atoms with Crippen LogP contribution in [-0.4, -0.2) is 29.1 Å². The molecule has 1 aromatic heterocycles. The first-order chi connectivity index (χ1) is 8.72. The molecule has 0 radical (unpaired) electrons. The fraction of sp³-hybridized carbons (Fsp3) is 0.429. The number of hydrogen-bond donors (Lipinski definition) is 0. The van der Waals surface area contributed by atoms with Crippen molar-refractivity contribution >= 4 is 16.8 Å². The Bertz CT molecular complexity index is 533. The minimum atomic E-state index is 0.0195. The quantitative estimate of drug-likeness (QED) is 0.785. The summed E-state index contributed by atoms with van der Waals surface area (Å²) in [7, 11) is 1.65. The number of carbonyl (C=O) groups excluding carboxylic acids is 1. The highest BCUT2D eigenvalue weighted by Gasteiger charge is 2.14. The number of para-hydroxylation sites is 2. The average molecular weight is 246 g/mol. The first-order valence-corrected chi connectivity index (χ1v) is 6.14. The summed E-state index contributed by atoms with van der Waals surface area (Å²) >= 11 is 0. The minimum absolute atomic E-state index is 0.0195. The van der Waals surface area contributed by atoms with Crippen molar-refractivity contribution in [3.63, 3.8) is 0 Å². The molecule has 0 saturated heterocycles. The van der Waals surface area contributed by atoms with E-state index in [2.05, 4.69) is 4.98 Å². The van der Waals surface area contributed by atoms with Crippen molar-refractivity contribution in [2.24, 2.45) is 5.92 Å². The van der Waals surface area contributed by atoms with Gasteiger partial charge in [0.2, 0.25) is 0 Å². The lowest BCUT2D eigenvalue weighted by atomic mass is 10.0. The molecule has 2 rings (SSSR count). The Hall–Kier alpha value is -1.68. The molecule has 0 N–H and O–H groups in total. The zero-order chi connectivity index (χ0) is 13.0. The van der Waals surface area contributed by atoms with Crippen molar-refractivity contribution in [1.29, 1.82) is 0 Å². The van der Waals surface area contributed by atoms with Crippen molar-refractivity contribution in [3.05, 3.63) is 30.6 Å². The number of Topliss-reactive ketones (excluding diaryl/α,β-unsaturated/α-hetero) is 1. The Labute approximate surface area is 107 Å². The van der Waals surface area contributed by atoms with Gasteiger partial charge in [0, 0.05) is 19.6 Å². The van der Waals surface area contributed by atoms with Crippen LogP contribution in [0.15, 0.2) is 30.6 Å². The Morgan fingerprint density at radius 2 is 2.22 bits per heavy atom. The number of carbonyl (C=O) groups is 1. The van der Waals surface area contributed by atoms with Crippen LogP contribution in [0.2, 0.25) is 0 Å². The van der Waals surface area contributed by atoms with Crippen LogP contribution in [0.3, 0.4) is 0 Å². The highest BCUT2D eigenvalue weighted by Crippen LogP contribution is 2.13. The Morgan fingerprint density at radius 3 is 3.00 bits per heavy atom. The van der Waals surface area contributed by atoms with E-state index in [9.17, 15) is 4.79 Å². The van der Waals surface area contributed by atoms with Crippen molar-refractivity contribution in [1.82, 2.24) is 9.55 Å². The molecule has 18 heavy (non-hydrogen) atoms. The van der Waals surface area contributed by atoms with Gasteiger partial charge < -0.3 is 9.30 Å². The number of ether oxygens (including phenoxy) is 1. The van der Waals surface area contributed by atoms with Crippen LogP contribution in [0.5, 0.6) is 0 Å². The predicted molar refractivity (Wildman–Crippen MR) is 70.4 cm³/mol. The fourth-order valence-corrected chi connectivity index (χ4v) is 1.92. The molecule has 0 fully saturated rings. The van der Waals surface area contributed by atoms with Gasteiger partial charge in [-0.25, -0.2) is 4.98 Å². The molecule has 0 spiro atoms. The molecule has 1 heterocycles. The summed E-state index contributed by atoms with van der Waals surface area (Å²) in [6.45, 7) is 2.95. The van der Waals surface area contributed by atoms with Crippen molar-refractivity contribution < 1.29 is 9.53 Å². The van der Waals surface area contributed by atoms with Crippen LogP contribution in [0.4, 0.5) is 0 Å². The van der Waals surface area contributed by atoms with E-state index in [-0.39, 0.29) is 11.7 Å². The smallest absolute Gasteiger partial charge is 0.155 e. The van der Waals surface area contributed by atoms with Gasteiger partial charge in [0.05, 0.1) is 23.9 Å². The molecule has 0 saturated carbocycles. The van der Waals surface area contributed by atoms with Crippen LogP contribution >= 0.6 is 0 Å². The van der Waals surface area contributed by atoms with Crippen molar-refractivity contribution in [3.8, 4) is 0 Å². The Kier molecular flexibility index (Phi) is 4.10. The van der Waals surface area contributed by atoms with Gasteiger partial charge in [-0.2, -0.15) is 0 Å². The number of rotatable bonds is 6. The Morgan fingerprint density at radius 1 is 1.44 bits per heavy atom. The molecule has 96 valence electrons. The molecule has 0 aliphatic carbocycles. The monoisotopic (exact) mass is 246 g/mol. The summed E-state index contributed by atoms with van der Waals surface area (Å²) in [4.78, 5) is 16.3. The van der Waals surface area contributed by atoms with Crippen molar-refractivity contribution in [2.75, 3.05) is 13.7 Å². The molecule has 0 amide bonds. The number of benzene rings is 1. The highest BCUT2D eigenvalue weighted by molar-refractivity contribution is 5.83. The molecule has 2 aromatic rings. The third kappa shape index (κ3) is 2.76. The standard InChI is InChI=1S/C14H18N2O2/c1-11(7-8-18-2)14(17)9-16-10-15-12-5-3-4-6-13(12)16/h3-6,10-11H,7-9H2,1-2H3. The second-order valence-electron chi connectivity index (χ2n) is 4.51. The lowest BCUT2D eigenvalue weighted by Crippen LogP contribution is -2.18. The van der Waals surface area contributed by atoms with E-state index in [4.69, 9.17) is 4.74 Å². The molecule has 1 atom stereocenters. The average Bonchev–Trinajstić information content (AvgIpc) is 2.79. The lowest BCUT2D eigenvalue weighted by Gasteiger charge is -2.10. The zero-order valence-corrected chi connectivity index (χ0v) is 10.8. The number of hydrogen-bond acceptors (Lipinski definition) is 3. The first-order valence-electron chi connectivity index (χ1n) is 6.14. The second kappa shape index (κ2) is 5.78.